The molecule has 4 aromatic rings. The van der Waals surface area contributed by atoms with Crippen LogP contribution in [0.15, 0.2) is 108 Å². The third-order valence-corrected chi connectivity index (χ3v) is 5.47. The van der Waals surface area contributed by atoms with Gasteiger partial charge in [0, 0.05) is 12.1 Å². The Balaban J connectivity index is 1.52. The van der Waals surface area contributed by atoms with Crippen molar-refractivity contribution >= 4 is 17.8 Å². The molecule has 0 heterocycles. The number of carbonyl (C=O) groups is 1. The van der Waals surface area contributed by atoms with Gasteiger partial charge in [-0.25, -0.2) is 5.43 Å². The minimum absolute atomic E-state index is 0.0154. The van der Waals surface area contributed by atoms with E-state index >= 15 is 0 Å². The molecule has 0 aromatic heterocycles. The highest BCUT2D eigenvalue weighted by molar-refractivity contribution is 5.91. The predicted octanol–water partition coefficient (Wildman–Crippen LogP) is 4.64. The number of nitriles is 1. The number of hydrazone groups is 1. The molecule has 0 atom stereocenters. The van der Waals surface area contributed by atoms with E-state index in [0.29, 0.717) is 22.4 Å². The van der Waals surface area contributed by atoms with Crippen LogP contribution in [0.5, 0.6) is 11.5 Å². The van der Waals surface area contributed by atoms with E-state index in [0.717, 1.165) is 6.07 Å². The highest BCUT2D eigenvalue weighted by atomic mass is 16.6. The second-order valence-electron chi connectivity index (χ2n) is 7.87. The summed E-state index contributed by atoms with van der Waals surface area (Å²) in [4.78, 5) is 23.5. The molecule has 0 aliphatic rings. The van der Waals surface area contributed by atoms with Crippen molar-refractivity contribution in [1.82, 2.24) is 5.43 Å². The van der Waals surface area contributed by atoms with E-state index in [1.54, 1.807) is 84.9 Å². The van der Waals surface area contributed by atoms with Crippen LogP contribution in [0.2, 0.25) is 0 Å². The van der Waals surface area contributed by atoms with Crippen LogP contribution in [0.3, 0.4) is 0 Å². The maximum Gasteiger partial charge on any atom is 0.281 e. The molecule has 4 aromatic carbocycles. The summed E-state index contributed by atoms with van der Waals surface area (Å²) in [6.07, 6.45) is 1.38. The molecular weight excluding hydrogens is 472 g/mol. The Morgan fingerprint density at radius 2 is 1.62 bits per heavy atom. The number of carbonyl (C=O) groups excluding carboxylic acids is 1. The van der Waals surface area contributed by atoms with Crippen LogP contribution >= 0.6 is 0 Å². The van der Waals surface area contributed by atoms with Gasteiger partial charge in [0.05, 0.1) is 11.1 Å². The Morgan fingerprint density at radius 3 is 2.22 bits per heavy atom. The number of amides is 1. The minimum Gasteiger partial charge on any atom is -0.456 e. The lowest BCUT2D eigenvalue weighted by Crippen LogP contribution is -2.43. The molecule has 0 unspecified atom stereocenters. The summed E-state index contributed by atoms with van der Waals surface area (Å²) in [5, 5.41) is 35.7. The lowest BCUT2D eigenvalue weighted by atomic mass is 9.85. The van der Waals surface area contributed by atoms with E-state index in [9.17, 15) is 25.3 Å². The summed E-state index contributed by atoms with van der Waals surface area (Å²) in [6.45, 7) is 0. The molecule has 37 heavy (non-hydrogen) atoms. The first-order valence-electron chi connectivity index (χ1n) is 11.0. The number of aliphatic hydroxyl groups is 1. The standard InChI is InChI=1S/C28H20N4O5/c29-18-21-17-24(32(35)36)14-15-26(21)37-25-13-7-8-20(16-25)19-30-31-27(33)28(34,22-9-3-1-4-10-22)23-11-5-2-6-12-23/h1-17,19,34H,(H,31,33)/b30-19-. The number of ether oxygens (including phenoxy) is 1. The van der Waals surface area contributed by atoms with E-state index in [1.165, 1.54) is 18.3 Å². The predicted molar refractivity (Wildman–Crippen MR) is 136 cm³/mol. The molecule has 0 radical (unpaired) electrons. The zero-order valence-electron chi connectivity index (χ0n) is 19.3. The van der Waals surface area contributed by atoms with Gasteiger partial charge in [-0.15, -0.1) is 0 Å². The first-order valence-corrected chi connectivity index (χ1v) is 11.0. The van der Waals surface area contributed by atoms with Gasteiger partial charge >= 0.3 is 0 Å². The quantitative estimate of drug-likeness (QED) is 0.209. The summed E-state index contributed by atoms with van der Waals surface area (Å²) in [5.74, 6) is -0.227. The van der Waals surface area contributed by atoms with Gasteiger partial charge in [0.25, 0.3) is 11.6 Å². The lowest BCUT2D eigenvalue weighted by molar-refractivity contribution is -0.384. The van der Waals surface area contributed by atoms with Crippen molar-refractivity contribution in [3.05, 3.63) is 135 Å². The number of non-ortho nitro benzene ring substituents is 1. The van der Waals surface area contributed by atoms with Gasteiger partial charge in [0.1, 0.15) is 23.1 Å². The van der Waals surface area contributed by atoms with Crippen LogP contribution in [0.1, 0.15) is 22.3 Å². The van der Waals surface area contributed by atoms with E-state index in [2.05, 4.69) is 10.5 Å². The number of nitrogens with one attached hydrogen (secondary N) is 1. The fraction of sp³-hybridized carbons (Fsp3) is 0.0357. The number of nitro groups is 1. The van der Waals surface area contributed by atoms with E-state index < -0.39 is 16.4 Å². The van der Waals surface area contributed by atoms with Crippen LogP contribution in [-0.4, -0.2) is 22.2 Å². The maximum atomic E-state index is 13.1. The first kappa shape index (κ1) is 24.8. The zero-order chi connectivity index (χ0) is 26.3. The molecule has 0 spiro atoms. The fourth-order valence-electron chi connectivity index (χ4n) is 3.63. The highest BCUT2D eigenvalue weighted by Gasteiger charge is 2.39. The third-order valence-electron chi connectivity index (χ3n) is 5.47. The smallest absolute Gasteiger partial charge is 0.281 e. The number of nitrogens with zero attached hydrogens (tertiary/aromatic N) is 3. The SMILES string of the molecule is N#Cc1cc([N+](=O)[O-])ccc1Oc1cccc(/C=N\NC(=O)C(O)(c2ccccc2)c2ccccc2)c1. The molecule has 2 N–H and O–H groups in total. The lowest BCUT2D eigenvalue weighted by Gasteiger charge is -2.27. The van der Waals surface area contributed by atoms with Gasteiger partial charge in [-0.1, -0.05) is 72.8 Å². The van der Waals surface area contributed by atoms with Gasteiger partial charge in [-0.3, -0.25) is 14.9 Å². The Hall–Kier alpha value is -5.33. The van der Waals surface area contributed by atoms with Crippen molar-refractivity contribution in [2.24, 2.45) is 5.10 Å². The molecule has 1 amide bonds. The average Bonchev–Trinajstić information content (AvgIpc) is 2.93. The summed E-state index contributed by atoms with van der Waals surface area (Å²) >= 11 is 0. The van der Waals surface area contributed by atoms with Crippen molar-refractivity contribution in [3.8, 4) is 17.6 Å². The van der Waals surface area contributed by atoms with Gasteiger partial charge in [0.15, 0.2) is 5.60 Å². The molecule has 9 nitrogen and oxygen atoms in total. The molecule has 0 aliphatic heterocycles. The summed E-state index contributed by atoms with van der Waals surface area (Å²) < 4.78 is 5.74. The molecule has 0 saturated carbocycles. The van der Waals surface area contributed by atoms with E-state index in [1.807, 2.05) is 6.07 Å². The molecule has 9 heteroatoms. The monoisotopic (exact) mass is 492 g/mol. The van der Waals surface area contributed by atoms with Crippen LogP contribution in [0, 0.1) is 21.4 Å². The van der Waals surface area contributed by atoms with Gasteiger partial charge in [-0.05, 0) is 34.9 Å². The zero-order valence-corrected chi connectivity index (χ0v) is 19.3. The normalized spacial score (nSPS) is 11.0. The van der Waals surface area contributed by atoms with Crippen LogP contribution in [-0.2, 0) is 10.4 Å². The molecular formula is C28H20N4O5. The Morgan fingerprint density at radius 1 is 0.973 bits per heavy atom. The Bertz CT molecular complexity index is 1460. The van der Waals surface area contributed by atoms with Crippen LogP contribution in [0.4, 0.5) is 5.69 Å². The van der Waals surface area contributed by atoms with Gasteiger partial charge < -0.3 is 9.84 Å². The number of hydrogen-bond donors (Lipinski definition) is 2. The van der Waals surface area contributed by atoms with Crippen molar-refractivity contribution in [1.29, 1.82) is 5.26 Å². The fourth-order valence-corrected chi connectivity index (χ4v) is 3.63. The highest BCUT2D eigenvalue weighted by Crippen LogP contribution is 2.30. The summed E-state index contributed by atoms with van der Waals surface area (Å²) in [7, 11) is 0. The number of nitro benzene ring substituents is 1. The Kier molecular flexibility index (Phi) is 7.33. The molecule has 4 rings (SSSR count). The molecule has 182 valence electrons. The van der Waals surface area contributed by atoms with Gasteiger partial charge in [-0.2, -0.15) is 10.4 Å². The number of benzene rings is 4. The maximum absolute atomic E-state index is 13.1. The average molecular weight is 492 g/mol. The van der Waals surface area contributed by atoms with Crippen LogP contribution < -0.4 is 10.2 Å². The van der Waals surface area contributed by atoms with E-state index in [4.69, 9.17) is 4.74 Å². The third kappa shape index (κ3) is 5.51. The largest absolute Gasteiger partial charge is 0.456 e. The van der Waals surface area contributed by atoms with Crippen molar-refractivity contribution < 1.29 is 19.6 Å². The first-order chi connectivity index (χ1) is 17.9. The minimum atomic E-state index is -1.96. The molecule has 0 bridgehead atoms. The molecule has 0 saturated heterocycles. The van der Waals surface area contributed by atoms with Gasteiger partial charge in [0.2, 0.25) is 0 Å². The Labute approximate surface area is 212 Å². The van der Waals surface area contributed by atoms with Crippen molar-refractivity contribution in [2.45, 2.75) is 5.60 Å². The van der Waals surface area contributed by atoms with Crippen molar-refractivity contribution in [3.63, 3.8) is 0 Å². The van der Waals surface area contributed by atoms with Crippen molar-refractivity contribution in [2.75, 3.05) is 0 Å². The number of rotatable bonds is 8. The second kappa shape index (κ2) is 10.9. The van der Waals surface area contributed by atoms with E-state index in [-0.39, 0.29) is 17.0 Å². The van der Waals surface area contributed by atoms with Crippen LogP contribution in [0.25, 0.3) is 0 Å². The summed E-state index contributed by atoms with van der Waals surface area (Å²) in [5.41, 5.74) is 1.58. The summed E-state index contributed by atoms with van der Waals surface area (Å²) in [6, 6.07) is 29.4. The molecule has 0 aliphatic carbocycles. The second-order valence-corrected chi connectivity index (χ2v) is 7.87. The number of hydrogen-bond acceptors (Lipinski definition) is 7. The molecule has 0 fully saturated rings. The topological polar surface area (TPSA) is 138 Å².